The lowest BCUT2D eigenvalue weighted by molar-refractivity contribution is -0.148. The number of allylic oxidation sites excluding steroid dienone is 1. The molecule has 0 aromatic rings. The molecule has 0 spiro atoms. The molecule has 6 nitrogen and oxygen atoms in total. The standard InChI is InChI=1S/C20H32O6/c1-2-3-4-5-6-7-8-9-10-17(21)26-16-13-24-19-18(16)25-14-20(19,22)11-15-12-23-15/h9-10,15-16,18-19,22H,2-8,11-14H2,1H3/t15?,16-,18-,19+,20+/m1/s1. The van der Waals surface area contributed by atoms with Crippen LogP contribution in [0, 0.1) is 0 Å². The molecule has 3 rings (SSSR count). The molecule has 5 atom stereocenters. The van der Waals surface area contributed by atoms with Crippen molar-refractivity contribution in [3.8, 4) is 0 Å². The lowest BCUT2D eigenvalue weighted by Crippen LogP contribution is -2.45. The molecule has 0 aliphatic carbocycles. The average Bonchev–Trinajstić information content (AvgIpc) is 3.23. The smallest absolute Gasteiger partial charge is 0.330 e. The zero-order chi connectivity index (χ0) is 18.4. The number of hydrogen-bond donors (Lipinski definition) is 1. The van der Waals surface area contributed by atoms with Crippen LogP contribution in [0.25, 0.3) is 0 Å². The number of carbonyl (C=O) groups excluding carboxylic acids is 1. The van der Waals surface area contributed by atoms with E-state index in [1.165, 1.54) is 38.2 Å². The van der Waals surface area contributed by atoms with E-state index in [1.807, 2.05) is 6.08 Å². The molecule has 3 heterocycles. The van der Waals surface area contributed by atoms with Crippen molar-refractivity contribution in [1.82, 2.24) is 0 Å². The summed E-state index contributed by atoms with van der Waals surface area (Å²) in [7, 11) is 0. The molecule has 3 saturated heterocycles. The molecule has 6 heteroatoms. The second kappa shape index (κ2) is 9.31. The van der Waals surface area contributed by atoms with Gasteiger partial charge in [0.05, 0.1) is 25.9 Å². The van der Waals surface area contributed by atoms with Crippen molar-refractivity contribution in [2.75, 3.05) is 19.8 Å². The molecule has 3 aliphatic rings. The predicted octanol–water partition coefficient (Wildman–Crippen LogP) is 2.52. The number of ether oxygens (including phenoxy) is 4. The van der Waals surface area contributed by atoms with Crippen LogP contribution in [0.15, 0.2) is 12.2 Å². The van der Waals surface area contributed by atoms with Crippen LogP contribution in [0.4, 0.5) is 0 Å². The Labute approximate surface area is 155 Å². The lowest BCUT2D eigenvalue weighted by atomic mass is 9.91. The largest absolute Gasteiger partial charge is 0.454 e. The highest BCUT2D eigenvalue weighted by molar-refractivity contribution is 5.82. The Hall–Kier alpha value is -0.950. The maximum atomic E-state index is 12.0. The molecule has 1 N–H and O–H groups in total. The van der Waals surface area contributed by atoms with E-state index in [0.29, 0.717) is 13.0 Å². The van der Waals surface area contributed by atoms with Crippen molar-refractivity contribution in [1.29, 1.82) is 0 Å². The normalized spacial score (nSPS) is 35.8. The summed E-state index contributed by atoms with van der Waals surface area (Å²) in [5, 5.41) is 10.7. The Bertz CT molecular complexity index is 489. The van der Waals surface area contributed by atoms with Crippen molar-refractivity contribution in [2.24, 2.45) is 0 Å². The molecule has 0 aromatic heterocycles. The number of hydrogen-bond acceptors (Lipinski definition) is 6. The molecule has 0 bridgehead atoms. The van der Waals surface area contributed by atoms with Crippen molar-refractivity contribution in [2.45, 2.75) is 88.3 Å². The highest BCUT2D eigenvalue weighted by Gasteiger charge is 2.58. The van der Waals surface area contributed by atoms with Crippen molar-refractivity contribution in [3.05, 3.63) is 12.2 Å². The van der Waals surface area contributed by atoms with Crippen LogP contribution in [0.3, 0.4) is 0 Å². The second-order valence-corrected chi connectivity index (χ2v) is 7.73. The summed E-state index contributed by atoms with van der Waals surface area (Å²) in [6.45, 7) is 3.36. The zero-order valence-electron chi connectivity index (χ0n) is 15.7. The Morgan fingerprint density at radius 3 is 2.69 bits per heavy atom. The van der Waals surface area contributed by atoms with E-state index in [-0.39, 0.29) is 25.3 Å². The van der Waals surface area contributed by atoms with Gasteiger partial charge in [-0.15, -0.1) is 0 Å². The van der Waals surface area contributed by atoms with Crippen molar-refractivity contribution < 1.29 is 28.8 Å². The third kappa shape index (κ3) is 5.28. The molecule has 0 saturated carbocycles. The van der Waals surface area contributed by atoms with Crippen molar-refractivity contribution in [3.63, 3.8) is 0 Å². The molecular weight excluding hydrogens is 336 g/mol. The average molecular weight is 368 g/mol. The minimum absolute atomic E-state index is 0.0949. The van der Waals surface area contributed by atoms with Gasteiger partial charge in [-0.1, -0.05) is 45.1 Å². The predicted molar refractivity (Wildman–Crippen MR) is 95.8 cm³/mol. The van der Waals surface area contributed by atoms with E-state index in [0.717, 1.165) is 12.8 Å². The molecular formula is C20H32O6. The lowest BCUT2D eigenvalue weighted by Gasteiger charge is -2.25. The van der Waals surface area contributed by atoms with Crippen LogP contribution < -0.4 is 0 Å². The van der Waals surface area contributed by atoms with Gasteiger partial charge in [0.15, 0.2) is 6.10 Å². The number of epoxide rings is 1. The van der Waals surface area contributed by atoms with Gasteiger partial charge in [-0.25, -0.2) is 4.79 Å². The van der Waals surface area contributed by atoms with E-state index in [4.69, 9.17) is 18.9 Å². The molecule has 3 fully saturated rings. The summed E-state index contributed by atoms with van der Waals surface area (Å²) in [5.41, 5.74) is -1.04. The number of esters is 1. The first-order chi connectivity index (χ1) is 12.6. The van der Waals surface area contributed by atoms with Gasteiger partial charge in [-0.2, -0.15) is 0 Å². The monoisotopic (exact) mass is 368 g/mol. The minimum Gasteiger partial charge on any atom is -0.454 e. The first-order valence-electron chi connectivity index (χ1n) is 10.1. The quantitative estimate of drug-likeness (QED) is 0.261. The molecule has 1 unspecified atom stereocenters. The van der Waals surface area contributed by atoms with Gasteiger partial charge < -0.3 is 24.1 Å². The Morgan fingerprint density at radius 2 is 1.92 bits per heavy atom. The summed E-state index contributed by atoms with van der Waals surface area (Å²) in [6.07, 6.45) is 11.0. The summed E-state index contributed by atoms with van der Waals surface area (Å²) < 4.78 is 22.1. The fourth-order valence-corrected chi connectivity index (χ4v) is 3.83. The van der Waals surface area contributed by atoms with E-state index in [2.05, 4.69) is 6.92 Å². The first kappa shape index (κ1) is 19.8. The third-order valence-corrected chi connectivity index (χ3v) is 5.39. The first-order valence-corrected chi connectivity index (χ1v) is 10.1. The number of carbonyl (C=O) groups is 1. The van der Waals surface area contributed by atoms with E-state index < -0.39 is 23.9 Å². The minimum atomic E-state index is -1.04. The topological polar surface area (TPSA) is 77.5 Å². The summed E-state index contributed by atoms with van der Waals surface area (Å²) >= 11 is 0. The molecule has 26 heavy (non-hydrogen) atoms. The third-order valence-electron chi connectivity index (χ3n) is 5.39. The van der Waals surface area contributed by atoms with Gasteiger partial charge in [-0.3, -0.25) is 0 Å². The maximum absolute atomic E-state index is 12.0. The van der Waals surface area contributed by atoms with Gasteiger partial charge in [0.25, 0.3) is 0 Å². The van der Waals surface area contributed by atoms with Crippen LogP contribution in [0.1, 0.15) is 58.3 Å². The van der Waals surface area contributed by atoms with Gasteiger partial charge in [0, 0.05) is 12.5 Å². The molecule has 3 aliphatic heterocycles. The zero-order valence-corrected chi connectivity index (χ0v) is 15.7. The highest BCUT2D eigenvalue weighted by atomic mass is 16.6. The van der Waals surface area contributed by atoms with Gasteiger partial charge >= 0.3 is 5.97 Å². The number of aliphatic hydroxyl groups is 1. The van der Waals surface area contributed by atoms with Gasteiger partial charge in [0.1, 0.15) is 17.8 Å². The van der Waals surface area contributed by atoms with Crippen LogP contribution >= 0.6 is 0 Å². The number of fused-ring (bicyclic) bond motifs is 1. The van der Waals surface area contributed by atoms with Crippen LogP contribution in [-0.4, -0.2) is 60.9 Å². The fraction of sp³-hybridized carbons (Fsp3) is 0.850. The Kier molecular flexibility index (Phi) is 7.09. The summed E-state index contributed by atoms with van der Waals surface area (Å²) in [4.78, 5) is 12.0. The molecule has 0 amide bonds. The van der Waals surface area contributed by atoms with E-state index in [9.17, 15) is 9.90 Å². The molecule has 0 aromatic carbocycles. The van der Waals surface area contributed by atoms with Gasteiger partial charge in [0.2, 0.25) is 0 Å². The van der Waals surface area contributed by atoms with Crippen LogP contribution in [0.5, 0.6) is 0 Å². The molecule has 0 radical (unpaired) electrons. The van der Waals surface area contributed by atoms with Crippen LogP contribution in [-0.2, 0) is 23.7 Å². The fourth-order valence-electron chi connectivity index (χ4n) is 3.83. The van der Waals surface area contributed by atoms with E-state index >= 15 is 0 Å². The van der Waals surface area contributed by atoms with Crippen molar-refractivity contribution >= 4 is 5.97 Å². The highest BCUT2D eigenvalue weighted by Crippen LogP contribution is 2.39. The number of unbranched alkanes of at least 4 members (excludes halogenated alkanes) is 6. The summed E-state index contributed by atoms with van der Waals surface area (Å²) in [6, 6.07) is 0. The SMILES string of the molecule is CCCCCCCCC=CC(=O)O[C@@H]1CO[C@H]2[C@@H]1OC[C@@]2(O)CC1CO1. The molecule has 148 valence electrons. The Balaban J connectivity index is 1.34. The number of rotatable bonds is 11. The maximum Gasteiger partial charge on any atom is 0.330 e. The Morgan fingerprint density at radius 1 is 1.15 bits per heavy atom. The van der Waals surface area contributed by atoms with Crippen LogP contribution in [0.2, 0.25) is 0 Å². The summed E-state index contributed by atoms with van der Waals surface area (Å²) in [5.74, 6) is -0.366. The van der Waals surface area contributed by atoms with E-state index in [1.54, 1.807) is 0 Å². The van der Waals surface area contributed by atoms with Gasteiger partial charge in [-0.05, 0) is 12.8 Å². The second-order valence-electron chi connectivity index (χ2n) is 7.73.